The lowest BCUT2D eigenvalue weighted by molar-refractivity contribution is 0.127. The van der Waals surface area contributed by atoms with E-state index in [0.717, 1.165) is 158 Å². The number of likely N-dealkylation sites (tertiary alicyclic amines) is 2. The van der Waals surface area contributed by atoms with Crippen LogP contribution in [-0.4, -0.2) is 138 Å². The maximum atomic E-state index is 5.80. The van der Waals surface area contributed by atoms with E-state index in [1.54, 1.807) is 63.9 Å². The molecule has 111 heavy (non-hydrogen) atoms. The normalized spacial score (nSPS) is 14.5. The van der Waals surface area contributed by atoms with Crippen molar-refractivity contribution in [3.8, 4) is 42.3 Å². The Hall–Kier alpha value is -7.16. The monoisotopic (exact) mass is 1820 g/mol. The van der Waals surface area contributed by atoms with Crippen LogP contribution < -0.4 is 38.1 Å². The van der Waals surface area contributed by atoms with Crippen molar-refractivity contribution in [1.29, 1.82) is 0 Å². The average molecular weight is 1820 g/mol. The van der Waals surface area contributed by atoms with E-state index in [2.05, 4.69) is 273 Å². The van der Waals surface area contributed by atoms with Crippen molar-refractivity contribution < 1.29 is 0 Å². The smallest absolute Gasteiger partial charge is 0.227 e. The zero-order valence-corrected chi connectivity index (χ0v) is 72.4. The number of thiophene rings is 4. The summed E-state index contributed by atoms with van der Waals surface area (Å²) in [5.74, 6) is 4.08. The van der Waals surface area contributed by atoms with Crippen molar-refractivity contribution in [1.82, 2.24) is 64.8 Å². The molecule has 12 aromatic rings. The van der Waals surface area contributed by atoms with Gasteiger partial charge < -0.3 is 43.0 Å². The van der Waals surface area contributed by atoms with Gasteiger partial charge in [0.15, 0.2) is 0 Å². The molecule has 9 N–H and O–H groups in total. The van der Waals surface area contributed by atoms with Crippen LogP contribution in [0.4, 0.5) is 46.5 Å². The number of nitrogens with zero attached hydrogens (tertiary/aromatic N) is 12. The van der Waals surface area contributed by atoms with Crippen LogP contribution in [0.3, 0.4) is 0 Å². The number of nitrogens with two attached hydrogens (primary N) is 2. The average Bonchev–Trinajstić information content (AvgIpc) is 1.24. The van der Waals surface area contributed by atoms with Crippen LogP contribution in [0.1, 0.15) is 87.5 Å². The Balaban J connectivity index is 0.000000138. The Morgan fingerprint density at radius 3 is 1.05 bits per heavy atom. The molecule has 27 heteroatoms. The van der Waals surface area contributed by atoms with Crippen LogP contribution in [0.2, 0.25) is 0 Å². The lowest BCUT2D eigenvalue weighted by Gasteiger charge is -2.34. The third kappa shape index (κ3) is 27.0. The van der Waals surface area contributed by atoms with Crippen molar-refractivity contribution in [3.63, 3.8) is 0 Å². The molecule has 4 aromatic carbocycles. The molecule has 3 fully saturated rings. The van der Waals surface area contributed by atoms with Crippen LogP contribution in [-0.2, 0) is 26.2 Å². The molecule has 580 valence electrons. The van der Waals surface area contributed by atoms with Gasteiger partial charge in [-0.05, 0) is 310 Å². The summed E-state index contributed by atoms with van der Waals surface area (Å²) in [7, 11) is 0. The van der Waals surface area contributed by atoms with Crippen molar-refractivity contribution in [2.45, 2.75) is 91.4 Å². The molecule has 0 atom stereocenters. The second-order valence-corrected chi connectivity index (χ2v) is 37.5. The molecule has 3 aliphatic heterocycles. The van der Waals surface area contributed by atoms with Crippen molar-refractivity contribution in [2.75, 3.05) is 99.8 Å². The molecule has 8 aromatic heterocycles. The van der Waals surface area contributed by atoms with E-state index in [-0.39, 0.29) is 0 Å². The van der Waals surface area contributed by atoms with Crippen LogP contribution >= 0.6 is 109 Å². The molecular formula is C84H97Br4N19S4. The fraction of sp³-hybridized carbons (Fsp3) is 0.333. The lowest BCUT2D eigenvalue weighted by Crippen LogP contribution is -2.45. The minimum atomic E-state index is 0.593. The van der Waals surface area contributed by atoms with Crippen molar-refractivity contribution in [2.24, 2.45) is 23.3 Å². The number of hydrogen-bond donors (Lipinski definition) is 7. The maximum absolute atomic E-state index is 5.80. The van der Waals surface area contributed by atoms with Gasteiger partial charge in [0.25, 0.3) is 0 Å². The van der Waals surface area contributed by atoms with Crippen LogP contribution in [0.5, 0.6) is 0 Å². The summed E-state index contributed by atoms with van der Waals surface area (Å²) in [4.78, 5) is 50.8. The summed E-state index contributed by atoms with van der Waals surface area (Å²) in [5, 5.41) is 16.8. The first-order chi connectivity index (χ1) is 54.3. The summed E-state index contributed by atoms with van der Waals surface area (Å²) in [5.41, 5.74) is 24.2. The highest BCUT2D eigenvalue weighted by atomic mass is 79.9. The highest BCUT2D eigenvalue weighted by Gasteiger charge is 2.22. The second-order valence-electron chi connectivity index (χ2n) is 27.7. The highest BCUT2D eigenvalue weighted by molar-refractivity contribution is 9.11. The molecule has 11 heterocycles. The molecule has 3 saturated heterocycles. The molecule has 0 spiro atoms. The fourth-order valence-corrected chi connectivity index (χ4v) is 18.9. The minimum absolute atomic E-state index is 0.593. The SMILES string of the molecule is CCCC1CCN(Cc2cccc(Nc3nccc(-c4ccc(Br)s4)n3)c2)CC1.CCCN1CCN(Cc2cccc(Nc3nccc(-c4ccc(Br)s4)n3)c2)CC1.NCC1CCN(Cc2cccc(Nc3nccc(-c4ccc(Br)s4)n3)c2)CC1.NCCCNCc1cccc(Nc2nccc(-c3ccc(Br)s3)n2)c1. The predicted octanol–water partition coefficient (Wildman–Crippen LogP) is 21.0. The van der Waals surface area contributed by atoms with Gasteiger partial charge >= 0.3 is 0 Å². The van der Waals surface area contributed by atoms with Crippen LogP contribution in [0.15, 0.2) is 210 Å². The molecule has 0 aliphatic carbocycles. The zero-order valence-electron chi connectivity index (χ0n) is 62.8. The number of piperazine rings is 1. The number of rotatable bonds is 28. The Morgan fingerprint density at radius 2 is 0.721 bits per heavy atom. The fourth-order valence-electron chi connectivity index (χ4n) is 13.5. The number of aromatic nitrogens is 8. The van der Waals surface area contributed by atoms with Gasteiger partial charge in [-0.2, -0.15) is 0 Å². The van der Waals surface area contributed by atoms with Crippen molar-refractivity contribution >= 4 is 156 Å². The molecule has 0 saturated carbocycles. The largest absolute Gasteiger partial charge is 0.330 e. The summed E-state index contributed by atoms with van der Waals surface area (Å²) in [6.45, 7) is 21.3. The first kappa shape index (κ1) is 83.3. The second kappa shape index (κ2) is 43.9. The third-order valence-corrected chi connectivity index (χ3v) is 25.8. The van der Waals surface area contributed by atoms with Gasteiger partial charge in [-0.3, -0.25) is 14.7 Å². The van der Waals surface area contributed by atoms with Gasteiger partial charge in [-0.25, -0.2) is 39.9 Å². The molecule has 0 radical (unpaired) electrons. The lowest BCUT2D eigenvalue weighted by atomic mass is 9.92. The van der Waals surface area contributed by atoms with E-state index in [1.165, 1.54) is 99.9 Å². The maximum Gasteiger partial charge on any atom is 0.227 e. The van der Waals surface area contributed by atoms with Crippen molar-refractivity contribution in [3.05, 3.63) is 232 Å². The Bertz CT molecular complexity index is 4650. The standard InChI is InChI=1S/C23H27BrN4S.C22H26BrN5S.C21H24BrN5S.C18H20BrN5S/c1-2-4-17-10-13-28(14-11-17)16-18-5-3-6-19(15-18)26-23-25-12-9-20(27-23)21-7-8-22(24)29-21;1-2-10-27-11-13-28(14-12-27)16-17-4-3-5-18(15-17)25-22-24-9-8-19(26-22)20-6-7-21(23)29-20;22-20-5-4-19(28-20)18-6-9-24-21(26-18)25-17-3-1-2-16(12-17)14-27-10-7-15(13-23)8-11-27;19-17-6-5-16(25-17)15-7-10-22-18(24-15)23-14-4-1-3-13(11-14)12-21-9-2-8-20/h3,5-9,12,15,17H,2,4,10-11,13-14,16H2,1H3,(H,25,26,27);3-9,15H,2,10-14,16H2,1H3,(H,24,25,26);1-6,9,12,15H,7-8,10-11,13-14,23H2,(H,24,25,26);1,3-7,10-11,21H,2,8-9,12,20H2,(H,22,23,24). The van der Waals surface area contributed by atoms with Gasteiger partial charge in [0.2, 0.25) is 23.8 Å². The number of anilines is 8. The molecule has 0 unspecified atom stereocenters. The number of benzene rings is 4. The topological polar surface area (TPSA) is 228 Å². The van der Waals surface area contributed by atoms with E-state index in [9.17, 15) is 0 Å². The van der Waals surface area contributed by atoms with E-state index in [4.69, 9.17) is 11.5 Å². The first-order valence-electron chi connectivity index (χ1n) is 38.1. The molecular weight excluding hydrogens is 1720 g/mol. The number of piperidine rings is 2. The van der Waals surface area contributed by atoms with Gasteiger partial charge in [0.05, 0.1) is 57.4 Å². The van der Waals surface area contributed by atoms with E-state index in [1.807, 2.05) is 66.9 Å². The molecule has 15 rings (SSSR count). The van der Waals surface area contributed by atoms with E-state index >= 15 is 0 Å². The van der Waals surface area contributed by atoms with Gasteiger partial charge in [-0.15, -0.1) is 45.3 Å². The third-order valence-electron chi connectivity index (χ3n) is 19.2. The molecule has 0 bridgehead atoms. The van der Waals surface area contributed by atoms with Gasteiger partial charge in [-0.1, -0.05) is 75.2 Å². The van der Waals surface area contributed by atoms with Gasteiger partial charge in [0.1, 0.15) is 0 Å². The summed E-state index contributed by atoms with van der Waals surface area (Å²) < 4.78 is 4.39. The quantitative estimate of drug-likeness (QED) is 0.0226. The highest BCUT2D eigenvalue weighted by Crippen LogP contribution is 2.36. The zero-order chi connectivity index (χ0) is 76.9. The number of hydrogen-bond acceptors (Lipinski definition) is 23. The Kier molecular flexibility index (Phi) is 32.9. The van der Waals surface area contributed by atoms with Crippen LogP contribution in [0, 0.1) is 11.8 Å². The molecule has 3 aliphatic rings. The Morgan fingerprint density at radius 1 is 0.387 bits per heavy atom. The number of nitrogens with one attached hydrogen (secondary N) is 5. The predicted molar refractivity (Wildman–Crippen MR) is 478 cm³/mol. The molecule has 19 nitrogen and oxygen atoms in total. The minimum Gasteiger partial charge on any atom is -0.330 e. The van der Waals surface area contributed by atoms with Gasteiger partial charge in [0, 0.05) is 99.9 Å². The Labute approximate surface area is 703 Å². The first-order valence-corrected chi connectivity index (χ1v) is 44.6. The number of halogens is 4. The summed E-state index contributed by atoms with van der Waals surface area (Å²) >= 11 is 20.7. The van der Waals surface area contributed by atoms with Crippen LogP contribution in [0.25, 0.3) is 42.3 Å². The molecule has 0 amide bonds. The van der Waals surface area contributed by atoms with E-state index < -0.39 is 0 Å². The van der Waals surface area contributed by atoms with E-state index in [0.29, 0.717) is 36.3 Å². The summed E-state index contributed by atoms with van der Waals surface area (Å²) in [6.07, 6.45) is 17.2. The summed E-state index contributed by atoms with van der Waals surface area (Å²) in [6, 6.07) is 58.1.